The largest absolute Gasteiger partial charge is 0.384 e. The summed E-state index contributed by atoms with van der Waals surface area (Å²) >= 11 is 0. The molecule has 7 nitrogen and oxygen atoms in total. The highest BCUT2D eigenvalue weighted by molar-refractivity contribution is 6.09. The van der Waals surface area contributed by atoms with Gasteiger partial charge in [-0.15, -0.1) is 0 Å². The van der Waals surface area contributed by atoms with Crippen molar-refractivity contribution < 1.29 is 27.8 Å². The lowest BCUT2D eigenvalue weighted by molar-refractivity contribution is -0.170. The van der Waals surface area contributed by atoms with Crippen molar-refractivity contribution in [2.24, 2.45) is 0 Å². The van der Waals surface area contributed by atoms with Crippen LogP contribution < -0.4 is 10.2 Å². The van der Waals surface area contributed by atoms with E-state index in [-0.39, 0.29) is 11.5 Å². The molecule has 0 saturated heterocycles. The van der Waals surface area contributed by atoms with E-state index in [1.54, 1.807) is 40.0 Å². The second-order valence-electron chi connectivity index (χ2n) is 9.82. The molecule has 0 aliphatic carbocycles. The Morgan fingerprint density at radius 3 is 2.50 bits per heavy atom. The van der Waals surface area contributed by atoms with E-state index in [1.165, 1.54) is 24.1 Å². The van der Waals surface area contributed by atoms with E-state index in [2.05, 4.69) is 15.3 Å². The summed E-state index contributed by atoms with van der Waals surface area (Å²) < 4.78 is 50.4. The number of aryl methyl sites for hydroxylation is 1. The molecule has 2 aromatic carbocycles. The van der Waals surface area contributed by atoms with E-state index in [9.17, 15) is 18.7 Å². The molecule has 0 bridgehead atoms. The molecule has 0 radical (unpaired) electrons. The fourth-order valence-electron chi connectivity index (χ4n) is 4.53. The van der Waals surface area contributed by atoms with Crippen LogP contribution >= 0.6 is 0 Å². The molecule has 1 aliphatic rings. The van der Waals surface area contributed by atoms with Gasteiger partial charge in [0.25, 0.3) is 5.91 Å². The van der Waals surface area contributed by atoms with Crippen LogP contribution in [0.1, 0.15) is 56.3 Å². The molecule has 2 atom stereocenters. The third-order valence-corrected chi connectivity index (χ3v) is 6.88. The van der Waals surface area contributed by atoms with Crippen molar-refractivity contribution in [3.63, 3.8) is 0 Å². The highest BCUT2D eigenvalue weighted by Crippen LogP contribution is 2.45. The summed E-state index contributed by atoms with van der Waals surface area (Å²) in [5.41, 5.74) is -2.68. The second kappa shape index (κ2) is 8.41. The van der Waals surface area contributed by atoms with Crippen LogP contribution in [-0.4, -0.2) is 40.7 Å². The van der Waals surface area contributed by atoms with Gasteiger partial charge in [-0.1, -0.05) is 12.1 Å². The molecule has 10 heteroatoms. The zero-order chi connectivity index (χ0) is 26.8. The zero-order valence-electron chi connectivity index (χ0n) is 21.2. The number of aliphatic hydroxyl groups is 1. The number of methoxy groups -OCH3 is 1. The monoisotopic (exact) mass is 502 g/mol. The molecule has 0 saturated carbocycles. The van der Waals surface area contributed by atoms with Gasteiger partial charge < -0.3 is 20.1 Å². The van der Waals surface area contributed by atoms with Crippen LogP contribution in [0, 0.1) is 12.7 Å². The first-order valence-corrected chi connectivity index (χ1v) is 11.4. The number of ether oxygens (including phenoxy) is 1. The van der Waals surface area contributed by atoms with Crippen molar-refractivity contribution in [2.75, 3.05) is 24.4 Å². The Morgan fingerprint density at radius 1 is 1.22 bits per heavy atom. The van der Waals surface area contributed by atoms with Gasteiger partial charge >= 0.3 is 5.92 Å². The van der Waals surface area contributed by atoms with Gasteiger partial charge in [-0.2, -0.15) is 8.78 Å². The van der Waals surface area contributed by atoms with Gasteiger partial charge in [-0.3, -0.25) is 4.79 Å². The van der Waals surface area contributed by atoms with Crippen LogP contribution in [0.25, 0.3) is 10.9 Å². The van der Waals surface area contributed by atoms with Crippen molar-refractivity contribution >= 4 is 28.3 Å². The maximum absolute atomic E-state index is 15.3. The average molecular weight is 503 g/mol. The first-order chi connectivity index (χ1) is 16.6. The van der Waals surface area contributed by atoms with Gasteiger partial charge in [0.1, 0.15) is 23.1 Å². The Morgan fingerprint density at radius 2 is 1.89 bits per heavy atom. The Bertz CT molecular complexity index is 1370. The van der Waals surface area contributed by atoms with Crippen molar-refractivity contribution in [2.45, 2.75) is 57.8 Å². The summed E-state index contributed by atoms with van der Waals surface area (Å²) in [5, 5.41) is 13.6. The van der Waals surface area contributed by atoms with Crippen LogP contribution in [0.2, 0.25) is 0 Å². The van der Waals surface area contributed by atoms with Gasteiger partial charge in [0, 0.05) is 30.7 Å². The van der Waals surface area contributed by atoms with Crippen molar-refractivity contribution in [1.82, 2.24) is 9.97 Å². The molecule has 1 amide bonds. The molecular weight excluding hydrogens is 473 g/mol. The lowest BCUT2D eigenvalue weighted by Crippen LogP contribution is -2.41. The molecule has 192 valence electrons. The molecule has 4 rings (SSSR count). The standard InChI is InChI=1S/C26H29F3N4O3/c1-13(15-9-8-10-17(21(15)27)26(28,29)24(3,4)35)30-22-16-11-20-18(12-19(16)31-14(2)32-22)25(5,36-7)23(34)33(20)6/h8-13,35H,1-7H3,(H,30,31,32)/t13-,25-/m0/s1. The number of amides is 1. The Hall–Kier alpha value is -3.24. The maximum Gasteiger partial charge on any atom is 0.303 e. The molecule has 36 heavy (non-hydrogen) atoms. The summed E-state index contributed by atoms with van der Waals surface area (Å²) in [5.74, 6) is -4.36. The summed E-state index contributed by atoms with van der Waals surface area (Å²) in [4.78, 5) is 23.3. The number of likely N-dealkylation sites (N-methyl/N-ethyl adjacent to an activating group) is 1. The van der Waals surface area contributed by atoms with E-state index >= 15 is 4.39 Å². The van der Waals surface area contributed by atoms with Gasteiger partial charge in [0.15, 0.2) is 5.60 Å². The van der Waals surface area contributed by atoms with Gasteiger partial charge in [0.05, 0.1) is 22.8 Å². The fraction of sp³-hybridized carbons (Fsp3) is 0.423. The van der Waals surface area contributed by atoms with Crippen LogP contribution in [0.5, 0.6) is 0 Å². The normalized spacial score (nSPS) is 19.1. The highest BCUT2D eigenvalue weighted by Gasteiger charge is 2.49. The number of rotatable bonds is 6. The summed E-state index contributed by atoms with van der Waals surface area (Å²) in [6.07, 6.45) is 0. The molecule has 0 fully saturated rings. The maximum atomic E-state index is 15.3. The number of alkyl halides is 2. The number of carbonyl (C=O) groups is 1. The quantitative estimate of drug-likeness (QED) is 0.496. The predicted octanol–water partition coefficient (Wildman–Crippen LogP) is 4.95. The number of nitrogens with one attached hydrogen (secondary N) is 1. The van der Waals surface area contributed by atoms with E-state index in [4.69, 9.17) is 4.74 Å². The van der Waals surface area contributed by atoms with Gasteiger partial charge in [-0.05, 0) is 52.8 Å². The first kappa shape index (κ1) is 25.8. The van der Waals surface area contributed by atoms with Crippen LogP contribution in [0.3, 0.4) is 0 Å². The fourth-order valence-corrected chi connectivity index (χ4v) is 4.53. The summed E-state index contributed by atoms with van der Waals surface area (Å²) in [7, 11) is 3.11. The highest BCUT2D eigenvalue weighted by atomic mass is 19.3. The molecule has 3 aromatic rings. The predicted molar refractivity (Wildman–Crippen MR) is 131 cm³/mol. The number of fused-ring (bicyclic) bond motifs is 2. The third kappa shape index (κ3) is 3.79. The van der Waals surface area contributed by atoms with E-state index in [1.807, 2.05) is 0 Å². The number of carbonyl (C=O) groups excluding carboxylic acids is 1. The summed E-state index contributed by atoms with van der Waals surface area (Å²) in [6.45, 7) is 6.88. The Balaban J connectivity index is 1.80. The second-order valence-corrected chi connectivity index (χ2v) is 9.82. The number of hydrogen-bond acceptors (Lipinski definition) is 6. The molecule has 1 aromatic heterocycles. The number of anilines is 2. The summed E-state index contributed by atoms with van der Waals surface area (Å²) in [6, 6.07) is 6.46. The van der Waals surface area contributed by atoms with E-state index in [0.717, 1.165) is 19.9 Å². The minimum absolute atomic E-state index is 0.0127. The van der Waals surface area contributed by atoms with E-state index in [0.29, 0.717) is 33.8 Å². The third-order valence-electron chi connectivity index (χ3n) is 6.88. The Kier molecular flexibility index (Phi) is 6.04. The van der Waals surface area contributed by atoms with Gasteiger partial charge in [0.2, 0.25) is 0 Å². The molecule has 2 N–H and O–H groups in total. The van der Waals surface area contributed by atoms with E-state index < -0.39 is 34.5 Å². The van der Waals surface area contributed by atoms with Gasteiger partial charge in [-0.25, -0.2) is 14.4 Å². The number of aromatic nitrogens is 2. The number of nitrogens with zero attached hydrogens (tertiary/aromatic N) is 3. The van der Waals surface area contributed by atoms with Crippen molar-refractivity contribution in [3.8, 4) is 0 Å². The van der Waals surface area contributed by atoms with Crippen molar-refractivity contribution in [3.05, 3.63) is 58.7 Å². The number of benzene rings is 2. The minimum atomic E-state index is -3.81. The lowest BCUT2D eigenvalue weighted by atomic mass is 9.91. The smallest absolute Gasteiger partial charge is 0.303 e. The van der Waals surface area contributed by atoms with Crippen LogP contribution in [0.4, 0.5) is 24.7 Å². The Labute approximate surface area is 207 Å². The zero-order valence-corrected chi connectivity index (χ0v) is 21.2. The van der Waals surface area contributed by atoms with Crippen LogP contribution in [-0.2, 0) is 21.1 Å². The molecular formula is C26H29F3N4O3. The average Bonchev–Trinajstić information content (AvgIpc) is 2.98. The molecule has 2 heterocycles. The van der Waals surface area contributed by atoms with Crippen molar-refractivity contribution in [1.29, 1.82) is 0 Å². The molecule has 0 unspecified atom stereocenters. The first-order valence-electron chi connectivity index (χ1n) is 11.4. The SMILES string of the molecule is CO[C@]1(C)C(=O)N(C)c2cc3c(N[C@@H](C)c4cccc(C(F)(F)C(C)(C)O)c4F)nc(C)nc3cc21. The number of halogens is 3. The topological polar surface area (TPSA) is 87.6 Å². The minimum Gasteiger partial charge on any atom is -0.384 e. The lowest BCUT2D eigenvalue weighted by Gasteiger charge is -2.30. The molecule has 1 aliphatic heterocycles. The van der Waals surface area contributed by atoms with Crippen LogP contribution in [0.15, 0.2) is 30.3 Å². The molecule has 0 spiro atoms. The number of hydrogen-bond donors (Lipinski definition) is 2.